The van der Waals surface area contributed by atoms with Gasteiger partial charge in [-0.2, -0.15) is 0 Å². The maximum atomic E-state index is 12.4. The summed E-state index contributed by atoms with van der Waals surface area (Å²) in [5, 5.41) is 0. The van der Waals surface area contributed by atoms with Crippen LogP contribution < -0.4 is 0 Å². The van der Waals surface area contributed by atoms with E-state index >= 15 is 0 Å². The van der Waals surface area contributed by atoms with Gasteiger partial charge in [0.15, 0.2) is 11.9 Å². The molecule has 0 aromatic carbocycles. The van der Waals surface area contributed by atoms with Crippen LogP contribution in [0, 0.1) is 0 Å². The van der Waals surface area contributed by atoms with Gasteiger partial charge in [-0.05, 0) is 50.5 Å². The van der Waals surface area contributed by atoms with E-state index in [1.54, 1.807) is 6.08 Å². The number of hydrogen-bond donors (Lipinski definition) is 0. The number of fused-ring (bicyclic) bond motifs is 3. The van der Waals surface area contributed by atoms with Crippen molar-refractivity contribution in [3.05, 3.63) is 59.1 Å². The summed E-state index contributed by atoms with van der Waals surface area (Å²) in [4.78, 5) is 19.6. The van der Waals surface area contributed by atoms with Crippen LogP contribution in [-0.4, -0.2) is 41.6 Å². The van der Waals surface area contributed by atoms with Gasteiger partial charge in [0.1, 0.15) is 11.8 Å². The summed E-state index contributed by atoms with van der Waals surface area (Å²) in [5.74, 6) is 0.784. The first-order valence-electron chi connectivity index (χ1n) is 8.73. The van der Waals surface area contributed by atoms with Crippen LogP contribution in [0.4, 0.5) is 0 Å². The van der Waals surface area contributed by atoms with Crippen LogP contribution in [-0.2, 0) is 9.53 Å². The summed E-state index contributed by atoms with van der Waals surface area (Å²) in [7, 11) is 0. The molecule has 0 fully saturated rings. The molecule has 4 nitrogen and oxygen atoms in total. The third kappa shape index (κ3) is 2.37. The highest BCUT2D eigenvalue weighted by Gasteiger charge is 2.37. The number of ether oxygens (including phenoxy) is 1. The maximum Gasteiger partial charge on any atom is 0.185 e. The molecule has 24 heavy (non-hydrogen) atoms. The van der Waals surface area contributed by atoms with Gasteiger partial charge in [-0.1, -0.05) is 12.2 Å². The van der Waals surface area contributed by atoms with Crippen molar-refractivity contribution in [1.82, 2.24) is 4.90 Å². The molecule has 124 valence electrons. The van der Waals surface area contributed by atoms with Gasteiger partial charge < -0.3 is 9.64 Å². The smallest absolute Gasteiger partial charge is 0.185 e. The van der Waals surface area contributed by atoms with Crippen molar-refractivity contribution in [3.8, 4) is 0 Å². The molecular formula is C20H22N2O2. The molecule has 2 atom stereocenters. The zero-order valence-electron chi connectivity index (χ0n) is 14.2. The van der Waals surface area contributed by atoms with Gasteiger partial charge in [0, 0.05) is 30.4 Å². The molecule has 4 aliphatic rings. The Morgan fingerprint density at radius 1 is 1.21 bits per heavy atom. The van der Waals surface area contributed by atoms with Crippen molar-refractivity contribution in [3.63, 3.8) is 0 Å². The fraction of sp³-hybridized carbons (Fsp3) is 0.400. The molecule has 4 rings (SSSR count). The molecule has 0 aromatic rings. The first-order chi connectivity index (χ1) is 11.7. The third-order valence-electron chi connectivity index (χ3n) is 5.09. The van der Waals surface area contributed by atoms with E-state index in [4.69, 9.17) is 9.73 Å². The van der Waals surface area contributed by atoms with Crippen LogP contribution in [0.5, 0.6) is 0 Å². The van der Waals surface area contributed by atoms with Crippen LogP contribution in [0.25, 0.3) is 0 Å². The molecule has 0 N–H and O–H groups in total. The largest absolute Gasteiger partial charge is 0.481 e. The number of hydrogen-bond acceptors (Lipinski definition) is 4. The quantitative estimate of drug-likeness (QED) is 0.750. The van der Waals surface area contributed by atoms with E-state index in [2.05, 4.69) is 49.1 Å². The average Bonchev–Trinajstić information content (AvgIpc) is 2.62. The Hall–Kier alpha value is -2.36. The van der Waals surface area contributed by atoms with Crippen LogP contribution in [0.3, 0.4) is 0 Å². The summed E-state index contributed by atoms with van der Waals surface area (Å²) in [5.41, 5.74) is 4.11. The molecule has 1 heterocycles. The first kappa shape index (κ1) is 15.2. The number of carbonyl (C=O) groups excluding carboxylic acids is 1. The maximum absolute atomic E-state index is 12.4. The average molecular weight is 322 g/mol. The van der Waals surface area contributed by atoms with Crippen LogP contribution >= 0.6 is 0 Å². The number of likely N-dealkylation sites (N-methyl/N-ethyl adjacent to an activating group) is 1. The highest BCUT2D eigenvalue weighted by Crippen LogP contribution is 2.37. The Labute approximate surface area is 142 Å². The second kappa shape index (κ2) is 5.93. The van der Waals surface area contributed by atoms with E-state index < -0.39 is 0 Å². The SMILES string of the molecule is CCN(CC)C1=CC2OC3=CC(=O)C4=C(CC=CC4)C3N=C2C=C1. The third-order valence-corrected chi connectivity index (χ3v) is 5.09. The molecular weight excluding hydrogens is 300 g/mol. The van der Waals surface area contributed by atoms with E-state index in [-0.39, 0.29) is 17.9 Å². The van der Waals surface area contributed by atoms with Crippen molar-refractivity contribution in [2.75, 3.05) is 13.1 Å². The number of aliphatic imine (C=N–C) groups is 1. The van der Waals surface area contributed by atoms with Gasteiger partial charge in [0.05, 0.1) is 5.71 Å². The Kier molecular flexibility index (Phi) is 3.75. The van der Waals surface area contributed by atoms with Crippen molar-refractivity contribution >= 4 is 11.5 Å². The van der Waals surface area contributed by atoms with Gasteiger partial charge in [-0.15, -0.1) is 0 Å². The topological polar surface area (TPSA) is 41.9 Å². The molecule has 0 radical (unpaired) electrons. The van der Waals surface area contributed by atoms with E-state index in [1.807, 2.05) is 0 Å². The zero-order chi connectivity index (χ0) is 16.7. The first-order valence-corrected chi connectivity index (χ1v) is 8.73. The lowest BCUT2D eigenvalue weighted by Gasteiger charge is -2.36. The Bertz CT molecular complexity index is 761. The molecule has 0 saturated carbocycles. The second-order valence-electron chi connectivity index (χ2n) is 6.39. The molecule has 4 heteroatoms. The predicted molar refractivity (Wildman–Crippen MR) is 94.7 cm³/mol. The minimum atomic E-state index is -0.192. The molecule has 0 aromatic heterocycles. The van der Waals surface area contributed by atoms with Gasteiger partial charge in [-0.25, -0.2) is 0 Å². The van der Waals surface area contributed by atoms with E-state index in [9.17, 15) is 4.79 Å². The molecule has 0 saturated heterocycles. The molecule has 1 aliphatic heterocycles. The summed E-state index contributed by atoms with van der Waals surface area (Å²) < 4.78 is 6.18. The standard InChI is InChI=1S/C20H22N2O2/c1-3-22(4-2)13-9-10-16-18(11-13)24-19-12-17(23)14-7-5-6-8-15(14)20(19)21-16/h5-6,9-12,18,20H,3-4,7-8H2,1-2H3. The monoisotopic (exact) mass is 322 g/mol. The lowest BCUT2D eigenvalue weighted by molar-refractivity contribution is -0.111. The fourth-order valence-corrected chi connectivity index (χ4v) is 3.78. The second-order valence-corrected chi connectivity index (χ2v) is 6.39. The van der Waals surface area contributed by atoms with E-state index in [1.165, 1.54) is 0 Å². The minimum Gasteiger partial charge on any atom is -0.481 e. The van der Waals surface area contributed by atoms with Crippen molar-refractivity contribution < 1.29 is 9.53 Å². The Balaban J connectivity index is 1.68. The van der Waals surface area contributed by atoms with Crippen molar-refractivity contribution in [2.45, 2.75) is 38.8 Å². The lowest BCUT2D eigenvalue weighted by atomic mass is 9.83. The molecule has 2 unspecified atom stereocenters. The molecule has 0 amide bonds. The number of allylic oxidation sites excluding steroid dienone is 5. The van der Waals surface area contributed by atoms with Crippen LogP contribution in [0.2, 0.25) is 0 Å². The van der Waals surface area contributed by atoms with Crippen LogP contribution in [0.1, 0.15) is 26.7 Å². The van der Waals surface area contributed by atoms with Gasteiger partial charge in [0.25, 0.3) is 0 Å². The molecule has 3 aliphatic carbocycles. The zero-order valence-corrected chi connectivity index (χ0v) is 14.2. The summed E-state index contributed by atoms with van der Waals surface area (Å²) in [6.45, 7) is 6.20. The number of carbonyl (C=O) groups is 1. The number of rotatable bonds is 3. The van der Waals surface area contributed by atoms with Crippen molar-refractivity contribution in [1.29, 1.82) is 0 Å². The predicted octanol–water partition coefficient (Wildman–Crippen LogP) is 3.10. The Morgan fingerprint density at radius 2 is 2.00 bits per heavy atom. The minimum absolute atomic E-state index is 0.0820. The van der Waals surface area contributed by atoms with Gasteiger partial charge in [-0.3, -0.25) is 9.79 Å². The summed E-state index contributed by atoms with van der Waals surface area (Å²) in [6.07, 6.45) is 13.4. The normalized spacial score (nSPS) is 27.4. The summed E-state index contributed by atoms with van der Waals surface area (Å²) in [6, 6.07) is -0.123. The number of ketones is 1. The molecule has 0 spiro atoms. The van der Waals surface area contributed by atoms with E-state index in [0.29, 0.717) is 12.2 Å². The summed E-state index contributed by atoms with van der Waals surface area (Å²) >= 11 is 0. The number of nitrogens with zero attached hydrogens (tertiary/aromatic N) is 2. The van der Waals surface area contributed by atoms with Gasteiger partial charge >= 0.3 is 0 Å². The van der Waals surface area contributed by atoms with E-state index in [0.717, 1.165) is 42.1 Å². The van der Waals surface area contributed by atoms with Crippen molar-refractivity contribution in [2.24, 2.45) is 4.99 Å². The highest BCUT2D eigenvalue weighted by atomic mass is 16.5. The highest BCUT2D eigenvalue weighted by molar-refractivity contribution is 6.08. The fourth-order valence-electron chi connectivity index (χ4n) is 3.78. The van der Waals surface area contributed by atoms with Crippen LogP contribution in [0.15, 0.2) is 64.1 Å². The lowest BCUT2D eigenvalue weighted by Crippen LogP contribution is -2.37. The Morgan fingerprint density at radius 3 is 2.79 bits per heavy atom. The van der Waals surface area contributed by atoms with Gasteiger partial charge in [0.2, 0.25) is 0 Å². The molecule has 0 bridgehead atoms.